The van der Waals surface area contributed by atoms with Crippen molar-refractivity contribution in [3.8, 4) is 0 Å². The summed E-state index contributed by atoms with van der Waals surface area (Å²) in [6, 6.07) is 3.58. The lowest BCUT2D eigenvalue weighted by molar-refractivity contribution is 0.232. The normalized spacial score (nSPS) is 16.9. The Labute approximate surface area is 112 Å². The van der Waals surface area contributed by atoms with Crippen molar-refractivity contribution in [2.45, 2.75) is 12.8 Å². The van der Waals surface area contributed by atoms with Gasteiger partial charge in [-0.1, -0.05) is 0 Å². The fourth-order valence-electron chi connectivity index (χ4n) is 2.39. The van der Waals surface area contributed by atoms with Gasteiger partial charge in [0.25, 0.3) is 0 Å². The first-order chi connectivity index (χ1) is 9.20. The van der Waals surface area contributed by atoms with Gasteiger partial charge in [0.15, 0.2) is 0 Å². The standard InChI is InChI=1S/C14H20F2N2O/c15-12-3-4-13(16)14(11-12)18-8-6-17(7-9-18)5-1-2-10-19/h3-4,11,19H,1-2,5-10H2. The van der Waals surface area contributed by atoms with E-state index in [0.29, 0.717) is 18.8 Å². The summed E-state index contributed by atoms with van der Waals surface area (Å²) in [7, 11) is 0. The van der Waals surface area contributed by atoms with Gasteiger partial charge in [-0.25, -0.2) is 8.78 Å². The number of piperazine rings is 1. The maximum atomic E-state index is 13.7. The quantitative estimate of drug-likeness (QED) is 0.827. The van der Waals surface area contributed by atoms with Crippen LogP contribution >= 0.6 is 0 Å². The number of nitrogens with zero attached hydrogens (tertiary/aromatic N) is 2. The van der Waals surface area contributed by atoms with Crippen LogP contribution in [0.4, 0.5) is 14.5 Å². The van der Waals surface area contributed by atoms with E-state index in [-0.39, 0.29) is 12.4 Å². The number of anilines is 1. The largest absolute Gasteiger partial charge is 0.396 e. The Kier molecular flexibility index (Phi) is 5.10. The molecule has 1 fully saturated rings. The summed E-state index contributed by atoms with van der Waals surface area (Å²) in [5.74, 6) is -0.767. The van der Waals surface area contributed by atoms with E-state index in [4.69, 9.17) is 5.11 Å². The minimum atomic E-state index is -0.401. The highest BCUT2D eigenvalue weighted by Crippen LogP contribution is 2.21. The van der Waals surface area contributed by atoms with Gasteiger partial charge in [-0.3, -0.25) is 4.90 Å². The molecule has 0 unspecified atom stereocenters. The Morgan fingerprint density at radius 3 is 2.47 bits per heavy atom. The molecular weight excluding hydrogens is 250 g/mol. The Morgan fingerprint density at radius 1 is 1.05 bits per heavy atom. The van der Waals surface area contributed by atoms with Crippen LogP contribution in [0.25, 0.3) is 0 Å². The van der Waals surface area contributed by atoms with Crippen LogP contribution in [-0.2, 0) is 0 Å². The second kappa shape index (κ2) is 6.82. The monoisotopic (exact) mass is 270 g/mol. The zero-order valence-corrected chi connectivity index (χ0v) is 11.0. The van der Waals surface area contributed by atoms with E-state index in [9.17, 15) is 8.78 Å². The van der Waals surface area contributed by atoms with Gasteiger partial charge in [-0.2, -0.15) is 0 Å². The minimum Gasteiger partial charge on any atom is -0.396 e. The third-order valence-corrected chi connectivity index (χ3v) is 3.50. The van der Waals surface area contributed by atoms with E-state index in [1.807, 2.05) is 4.90 Å². The zero-order chi connectivity index (χ0) is 13.7. The van der Waals surface area contributed by atoms with Gasteiger partial charge >= 0.3 is 0 Å². The predicted octanol–water partition coefficient (Wildman–Crippen LogP) is 1.86. The SMILES string of the molecule is OCCCCN1CCN(c2cc(F)ccc2F)CC1. The average molecular weight is 270 g/mol. The highest BCUT2D eigenvalue weighted by molar-refractivity contribution is 5.48. The molecule has 0 saturated carbocycles. The van der Waals surface area contributed by atoms with Crippen molar-refractivity contribution in [2.24, 2.45) is 0 Å². The number of benzene rings is 1. The van der Waals surface area contributed by atoms with Crippen molar-refractivity contribution < 1.29 is 13.9 Å². The van der Waals surface area contributed by atoms with E-state index in [2.05, 4.69) is 4.90 Å². The number of hydrogen-bond acceptors (Lipinski definition) is 3. The van der Waals surface area contributed by atoms with Gasteiger partial charge in [-0.15, -0.1) is 0 Å². The van der Waals surface area contributed by atoms with Gasteiger partial charge in [0.05, 0.1) is 5.69 Å². The number of hydrogen-bond donors (Lipinski definition) is 1. The first-order valence-electron chi connectivity index (χ1n) is 6.74. The van der Waals surface area contributed by atoms with E-state index in [1.54, 1.807) is 0 Å². The number of rotatable bonds is 5. The molecule has 1 N–H and O–H groups in total. The van der Waals surface area contributed by atoms with Crippen molar-refractivity contribution in [3.05, 3.63) is 29.8 Å². The van der Waals surface area contributed by atoms with Crippen molar-refractivity contribution in [2.75, 3.05) is 44.2 Å². The first-order valence-corrected chi connectivity index (χ1v) is 6.74. The van der Waals surface area contributed by atoms with Crippen LogP contribution in [0.1, 0.15) is 12.8 Å². The van der Waals surface area contributed by atoms with Crippen LogP contribution in [0, 0.1) is 11.6 Å². The lowest BCUT2D eigenvalue weighted by Gasteiger charge is -2.36. The Hall–Kier alpha value is -1.20. The molecule has 0 amide bonds. The molecule has 0 bridgehead atoms. The number of aliphatic hydroxyl groups excluding tert-OH is 1. The molecule has 0 aliphatic carbocycles. The van der Waals surface area contributed by atoms with Crippen LogP contribution in [-0.4, -0.2) is 49.3 Å². The van der Waals surface area contributed by atoms with Gasteiger partial charge in [-0.05, 0) is 31.5 Å². The molecule has 1 aliphatic heterocycles. The van der Waals surface area contributed by atoms with Crippen LogP contribution in [0.2, 0.25) is 0 Å². The summed E-state index contributed by atoms with van der Waals surface area (Å²) < 4.78 is 26.8. The number of halogens is 2. The van der Waals surface area contributed by atoms with Crippen LogP contribution in [0.15, 0.2) is 18.2 Å². The summed E-state index contributed by atoms with van der Waals surface area (Å²) >= 11 is 0. The number of aliphatic hydroxyl groups is 1. The molecule has 1 aromatic carbocycles. The van der Waals surface area contributed by atoms with E-state index >= 15 is 0 Å². The minimum absolute atomic E-state index is 0.231. The molecule has 0 radical (unpaired) electrons. The molecule has 1 aromatic rings. The maximum Gasteiger partial charge on any atom is 0.146 e. The second-order valence-corrected chi connectivity index (χ2v) is 4.86. The Bertz CT molecular complexity index is 406. The molecule has 106 valence electrons. The van der Waals surface area contributed by atoms with E-state index < -0.39 is 5.82 Å². The molecule has 0 atom stereocenters. The average Bonchev–Trinajstić information content (AvgIpc) is 2.43. The fraction of sp³-hybridized carbons (Fsp3) is 0.571. The second-order valence-electron chi connectivity index (χ2n) is 4.86. The summed E-state index contributed by atoms with van der Waals surface area (Å²) in [5.41, 5.74) is 0.356. The highest BCUT2D eigenvalue weighted by Gasteiger charge is 2.19. The topological polar surface area (TPSA) is 26.7 Å². The summed E-state index contributed by atoms with van der Waals surface area (Å²) in [4.78, 5) is 4.18. The summed E-state index contributed by atoms with van der Waals surface area (Å²) in [6.45, 7) is 4.30. The van der Waals surface area contributed by atoms with Gasteiger partial charge in [0.1, 0.15) is 11.6 Å². The van der Waals surface area contributed by atoms with Crippen LogP contribution < -0.4 is 4.90 Å². The lowest BCUT2D eigenvalue weighted by atomic mass is 10.2. The molecule has 1 aliphatic rings. The third kappa shape index (κ3) is 3.88. The zero-order valence-electron chi connectivity index (χ0n) is 11.0. The molecule has 19 heavy (non-hydrogen) atoms. The highest BCUT2D eigenvalue weighted by atomic mass is 19.1. The molecule has 3 nitrogen and oxygen atoms in total. The van der Waals surface area contributed by atoms with Crippen molar-refractivity contribution in [3.63, 3.8) is 0 Å². The van der Waals surface area contributed by atoms with E-state index in [1.165, 1.54) is 12.1 Å². The van der Waals surface area contributed by atoms with Crippen molar-refractivity contribution in [1.82, 2.24) is 4.90 Å². The van der Waals surface area contributed by atoms with Gasteiger partial charge < -0.3 is 10.0 Å². The lowest BCUT2D eigenvalue weighted by Crippen LogP contribution is -2.47. The molecule has 0 aromatic heterocycles. The van der Waals surface area contributed by atoms with Crippen LogP contribution in [0.3, 0.4) is 0 Å². The molecular formula is C14H20F2N2O. The van der Waals surface area contributed by atoms with E-state index in [0.717, 1.165) is 38.5 Å². The van der Waals surface area contributed by atoms with Crippen molar-refractivity contribution in [1.29, 1.82) is 0 Å². The Morgan fingerprint density at radius 2 is 1.79 bits per heavy atom. The number of unbranched alkanes of at least 4 members (excludes halogenated alkanes) is 1. The molecule has 5 heteroatoms. The molecule has 1 heterocycles. The fourth-order valence-corrected chi connectivity index (χ4v) is 2.39. The first kappa shape index (κ1) is 14.2. The summed E-state index contributed by atoms with van der Waals surface area (Å²) in [5, 5.41) is 8.74. The van der Waals surface area contributed by atoms with Gasteiger partial charge in [0.2, 0.25) is 0 Å². The summed E-state index contributed by atoms with van der Waals surface area (Å²) in [6.07, 6.45) is 1.80. The van der Waals surface area contributed by atoms with Crippen molar-refractivity contribution >= 4 is 5.69 Å². The maximum absolute atomic E-state index is 13.7. The molecule has 1 saturated heterocycles. The Balaban J connectivity index is 1.87. The van der Waals surface area contributed by atoms with Crippen LogP contribution in [0.5, 0.6) is 0 Å². The molecule has 0 spiro atoms. The molecule has 2 rings (SSSR count). The third-order valence-electron chi connectivity index (χ3n) is 3.50. The smallest absolute Gasteiger partial charge is 0.146 e. The van der Waals surface area contributed by atoms with Gasteiger partial charge in [0, 0.05) is 38.9 Å². The predicted molar refractivity (Wildman–Crippen MR) is 71.3 cm³/mol.